The van der Waals surface area contributed by atoms with Gasteiger partial charge in [-0.25, -0.2) is 0 Å². The Kier molecular flexibility index (Phi) is 2.86. The van der Waals surface area contributed by atoms with Gasteiger partial charge in [0.15, 0.2) is 5.76 Å². The van der Waals surface area contributed by atoms with Crippen molar-refractivity contribution in [2.24, 2.45) is 0 Å². The van der Waals surface area contributed by atoms with Gasteiger partial charge in [-0.1, -0.05) is 0 Å². The van der Waals surface area contributed by atoms with E-state index in [9.17, 15) is 9.59 Å². The molecular formula is C16H16N2O3. The van der Waals surface area contributed by atoms with Gasteiger partial charge >= 0.3 is 0 Å². The van der Waals surface area contributed by atoms with Gasteiger partial charge in [0.1, 0.15) is 0 Å². The van der Waals surface area contributed by atoms with E-state index >= 15 is 0 Å². The fraction of sp³-hybridized carbons (Fsp3) is 0.250. The Bertz CT molecular complexity index is 717. The normalized spacial score (nSPS) is 16.0. The van der Waals surface area contributed by atoms with Crippen LogP contribution in [0.2, 0.25) is 0 Å². The van der Waals surface area contributed by atoms with E-state index in [-0.39, 0.29) is 17.6 Å². The lowest BCUT2D eigenvalue weighted by atomic mass is 9.86. The minimum atomic E-state index is -0.588. The summed E-state index contributed by atoms with van der Waals surface area (Å²) in [5, 5.41) is 2.78. The average Bonchev–Trinajstić information content (AvgIpc) is 3.04. The Hall–Kier alpha value is -2.56. The zero-order chi connectivity index (χ0) is 15.2. The van der Waals surface area contributed by atoms with Crippen LogP contribution in [0.5, 0.6) is 0 Å². The maximum Gasteiger partial charge on any atom is 0.291 e. The molecule has 0 spiro atoms. The second-order valence-electron chi connectivity index (χ2n) is 5.65. The van der Waals surface area contributed by atoms with E-state index in [1.54, 1.807) is 30.1 Å². The second kappa shape index (κ2) is 4.48. The van der Waals surface area contributed by atoms with Crippen molar-refractivity contribution < 1.29 is 14.0 Å². The number of carbonyl (C=O) groups is 2. The smallest absolute Gasteiger partial charge is 0.291 e. The number of hydrogen-bond acceptors (Lipinski definition) is 3. The minimum absolute atomic E-state index is 0.0482. The second-order valence-corrected chi connectivity index (χ2v) is 5.65. The molecule has 1 aliphatic rings. The third-order valence-corrected chi connectivity index (χ3v) is 3.87. The Balaban J connectivity index is 1.93. The standard InChI is InChI=1S/C16H16N2O3/c1-16(2)11-9-10(6-7-12(11)18(3)15(16)20)17-14(19)13-5-4-8-21-13/h4-9H,1-3H3,(H,17,19). The van der Waals surface area contributed by atoms with Crippen molar-refractivity contribution in [1.82, 2.24) is 0 Å². The Morgan fingerprint density at radius 3 is 2.71 bits per heavy atom. The molecule has 0 saturated carbocycles. The van der Waals surface area contributed by atoms with Gasteiger partial charge in [0.2, 0.25) is 5.91 Å². The summed E-state index contributed by atoms with van der Waals surface area (Å²) >= 11 is 0. The molecule has 2 amide bonds. The van der Waals surface area contributed by atoms with Crippen LogP contribution in [0.25, 0.3) is 0 Å². The van der Waals surface area contributed by atoms with E-state index in [1.165, 1.54) is 6.26 Å². The summed E-state index contributed by atoms with van der Waals surface area (Å²) in [5.41, 5.74) is 1.84. The number of amides is 2. The largest absolute Gasteiger partial charge is 0.459 e. The van der Waals surface area contributed by atoms with Gasteiger partial charge in [-0.05, 0) is 49.7 Å². The number of nitrogens with one attached hydrogen (secondary N) is 1. The quantitative estimate of drug-likeness (QED) is 0.922. The summed E-state index contributed by atoms with van der Waals surface area (Å²) in [6.07, 6.45) is 1.45. The topological polar surface area (TPSA) is 62.6 Å². The van der Waals surface area contributed by atoms with Crippen molar-refractivity contribution in [2.75, 3.05) is 17.3 Å². The first-order valence-electron chi connectivity index (χ1n) is 6.69. The fourth-order valence-corrected chi connectivity index (χ4v) is 2.65. The number of fused-ring (bicyclic) bond motifs is 1. The summed E-state index contributed by atoms with van der Waals surface area (Å²) in [6.45, 7) is 3.77. The third kappa shape index (κ3) is 2.01. The van der Waals surface area contributed by atoms with Crippen LogP contribution in [0.1, 0.15) is 30.0 Å². The van der Waals surface area contributed by atoms with Crippen molar-refractivity contribution >= 4 is 23.2 Å². The van der Waals surface area contributed by atoms with E-state index in [1.807, 2.05) is 26.0 Å². The molecule has 1 N–H and O–H groups in total. The van der Waals surface area contributed by atoms with Crippen molar-refractivity contribution in [2.45, 2.75) is 19.3 Å². The highest BCUT2D eigenvalue weighted by Crippen LogP contribution is 2.41. The fourth-order valence-electron chi connectivity index (χ4n) is 2.65. The van der Waals surface area contributed by atoms with E-state index < -0.39 is 5.41 Å². The van der Waals surface area contributed by atoms with Gasteiger partial charge in [0.25, 0.3) is 5.91 Å². The predicted octanol–water partition coefficient (Wildman–Crippen LogP) is 2.79. The number of hydrogen-bond donors (Lipinski definition) is 1. The summed E-state index contributed by atoms with van der Waals surface area (Å²) in [6, 6.07) is 8.74. The molecule has 0 aliphatic carbocycles. The van der Waals surface area contributed by atoms with Gasteiger partial charge in [-0.2, -0.15) is 0 Å². The molecule has 0 fully saturated rings. The van der Waals surface area contributed by atoms with Gasteiger partial charge in [-0.15, -0.1) is 0 Å². The van der Waals surface area contributed by atoms with Gasteiger partial charge < -0.3 is 14.6 Å². The number of benzene rings is 1. The molecule has 0 bridgehead atoms. The minimum Gasteiger partial charge on any atom is -0.459 e. The lowest BCUT2D eigenvalue weighted by Crippen LogP contribution is -2.33. The first kappa shape index (κ1) is 13.4. The molecule has 5 heteroatoms. The number of likely N-dealkylation sites (N-methyl/N-ethyl adjacent to an activating group) is 1. The van der Waals surface area contributed by atoms with Gasteiger partial charge in [-0.3, -0.25) is 9.59 Å². The van der Waals surface area contributed by atoms with E-state index in [4.69, 9.17) is 4.42 Å². The third-order valence-electron chi connectivity index (χ3n) is 3.87. The molecule has 1 aromatic heterocycles. The molecule has 108 valence electrons. The molecule has 0 saturated heterocycles. The average molecular weight is 284 g/mol. The lowest BCUT2D eigenvalue weighted by molar-refractivity contribution is -0.121. The van der Waals surface area contributed by atoms with Crippen LogP contribution < -0.4 is 10.2 Å². The number of carbonyl (C=O) groups excluding carboxylic acids is 2. The Labute approximate surface area is 122 Å². The zero-order valence-corrected chi connectivity index (χ0v) is 12.1. The van der Waals surface area contributed by atoms with Crippen molar-refractivity contribution in [1.29, 1.82) is 0 Å². The first-order chi connectivity index (χ1) is 9.91. The number of furan rings is 1. The molecular weight excluding hydrogens is 268 g/mol. The Morgan fingerprint density at radius 1 is 1.29 bits per heavy atom. The van der Waals surface area contributed by atoms with Crippen LogP contribution in [-0.2, 0) is 10.2 Å². The number of nitrogens with zero attached hydrogens (tertiary/aromatic N) is 1. The maximum absolute atomic E-state index is 12.2. The molecule has 1 aromatic carbocycles. The zero-order valence-electron chi connectivity index (χ0n) is 12.1. The summed E-state index contributed by atoms with van der Waals surface area (Å²) in [5.74, 6) is -0.00889. The highest BCUT2D eigenvalue weighted by molar-refractivity contribution is 6.08. The highest BCUT2D eigenvalue weighted by Gasteiger charge is 2.42. The summed E-state index contributed by atoms with van der Waals surface area (Å²) < 4.78 is 5.06. The molecule has 21 heavy (non-hydrogen) atoms. The molecule has 0 unspecified atom stereocenters. The number of anilines is 2. The highest BCUT2D eigenvalue weighted by atomic mass is 16.3. The van der Waals surface area contributed by atoms with Crippen LogP contribution in [0.15, 0.2) is 41.0 Å². The summed E-state index contributed by atoms with van der Waals surface area (Å²) in [7, 11) is 1.76. The SMILES string of the molecule is CN1C(=O)C(C)(C)c2cc(NC(=O)c3ccco3)ccc21. The molecule has 2 heterocycles. The monoisotopic (exact) mass is 284 g/mol. The Morgan fingerprint density at radius 2 is 2.05 bits per heavy atom. The lowest BCUT2D eigenvalue weighted by Gasteiger charge is -2.16. The molecule has 2 aromatic rings. The molecule has 3 rings (SSSR count). The van der Waals surface area contributed by atoms with Crippen LogP contribution in [0, 0.1) is 0 Å². The van der Waals surface area contributed by atoms with E-state index in [0.29, 0.717) is 5.69 Å². The molecule has 1 aliphatic heterocycles. The molecule has 5 nitrogen and oxygen atoms in total. The first-order valence-corrected chi connectivity index (χ1v) is 6.69. The number of rotatable bonds is 2. The van der Waals surface area contributed by atoms with Crippen molar-refractivity contribution in [3.05, 3.63) is 47.9 Å². The van der Waals surface area contributed by atoms with Crippen molar-refractivity contribution in [3.63, 3.8) is 0 Å². The van der Waals surface area contributed by atoms with Crippen LogP contribution >= 0.6 is 0 Å². The van der Waals surface area contributed by atoms with Crippen LogP contribution in [0.3, 0.4) is 0 Å². The van der Waals surface area contributed by atoms with Gasteiger partial charge in [0, 0.05) is 18.4 Å². The summed E-state index contributed by atoms with van der Waals surface area (Å²) in [4.78, 5) is 25.9. The molecule has 0 atom stereocenters. The van der Waals surface area contributed by atoms with E-state index in [0.717, 1.165) is 11.3 Å². The maximum atomic E-state index is 12.2. The van der Waals surface area contributed by atoms with Gasteiger partial charge in [0.05, 0.1) is 11.7 Å². The van der Waals surface area contributed by atoms with Crippen LogP contribution in [0.4, 0.5) is 11.4 Å². The van der Waals surface area contributed by atoms with Crippen molar-refractivity contribution in [3.8, 4) is 0 Å². The van der Waals surface area contributed by atoms with E-state index in [2.05, 4.69) is 5.32 Å². The molecule has 0 radical (unpaired) electrons. The predicted molar refractivity (Wildman–Crippen MR) is 79.5 cm³/mol. The van der Waals surface area contributed by atoms with Crippen LogP contribution in [-0.4, -0.2) is 18.9 Å².